The number of carbonyl (C=O) groups is 1. The van der Waals surface area contributed by atoms with E-state index in [1.807, 2.05) is 56.3 Å². The molecule has 0 aliphatic heterocycles. The molecule has 1 amide bonds. The van der Waals surface area contributed by atoms with Crippen molar-refractivity contribution in [2.45, 2.75) is 20.4 Å². The third-order valence-corrected chi connectivity index (χ3v) is 4.27. The highest BCUT2D eigenvalue weighted by Gasteiger charge is 2.09. The fourth-order valence-electron chi connectivity index (χ4n) is 2.94. The second kappa shape index (κ2) is 10.2. The summed E-state index contributed by atoms with van der Waals surface area (Å²) in [5.41, 5.74) is 2.12. The van der Waals surface area contributed by atoms with Crippen LogP contribution in [-0.2, 0) is 6.54 Å². The molecule has 0 spiro atoms. The smallest absolute Gasteiger partial charge is 0.271 e. The van der Waals surface area contributed by atoms with E-state index < -0.39 is 0 Å². The number of rotatable bonds is 9. The molecule has 0 saturated carbocycles. The summed E-state index contributed by atoms with van der Waals surface area (Å²) in [5.74, 6) is 1.12. The van der Waals surface area contributed by atoms with E-state index in [9.17, 15) is 9.59 Å². The maximum Gasteiger partial charge on any atom is 0.271 e. The summed E-state index contributed by atoms with van der Waals surface area (Å²) in [6.45, 7) is 5.18. The van der Waals surface area contributed by atoms with Crippen LogP contribution in [0, 0.1) is 13.8 Å². The normalized spacial score (nSPS) is 10.5. The molecule has 30 heavy (non-hydrogen) atoms. The average Bonchev–Trinajstić information content (AvgIpc) is 2.72. The van der Waals surface area contributed by atoms with Crippen LogP contribution in [0.25, 0.3) is 0 Å². The summed E-state index contributed by atoms with van der Waals surface area (Å²) < 4.78 is 12.5. The predicted octanol–water partition coefficient (Wildman–Crippen LogP) is 2.75. The molecule has 0 aliphatic carbocycles. The SMILES string of the molecule is Cc1cc(C)cc(OCCNC(=O)c2ccc(=O)n(CCOc3ccccc3)n2)c1. The third-order valence-electron chi connectivity index (χ3n) is 4.27. The zero-order valence-corrected chi connectivity index (χ0v) is 17.1. The van der Waals surface area contributed by atoms with Gasteiger partial charge in [0.1, 0.15) is 30.4 Å². The zero-order valence-electron chi connectivity index (χ0n) is 17.1. The Balaban J connectivity index is 1.49. The molecule has 1 N–H and O–H groups in total. The van der Waals surface area contributed by atoms with Crippen molar-refractivity contribution in [3.05, 3.63) is 87.8 Å². The van der Waals surface area contributed by atoms with E-state index in [1.54, 1.807) is 0 Å². The maximum absolute atomic E-state index is 12.3. The van der Waals surface area contributed by atoms with Crippen molar-refractivity contribution in [2.24, 2.45) is 0 Å². The van der Waals surface area contributed by atoms with E-state index in [2.05, 4.69) is 16.5 Å². The first-order valence-corrected chi connectivity index (χ1v) is 9.76. The van der Waals surface area contributed by atoms with Crippen LogP contribution >= 0.6 is 0 Å². The first-order chi connectivity index (χ1) is 14.5. The minimum atomic E-state index is -0.364. The maximum atomic E-state index is 12.3. The second-order valence-electron chi connectivity index (χ2n) is 6.87. The van der Waals surface area contributed by atoms with Crippen molar-refractivity contribution < 1.29 is 14.3 Å². The van der Waals surface area contributed by atoms with Gasteiger partial charge in [0.05, 0.1) is 13.1 Å². The summed E-state index contributed by atoms with van der Waals surface area (Å²) >= 11 is 0. The Morgan fingerprint density at radius 1 is 0.933 bits per heavy atom. The van der Waals surface area contributed by atoms with Crippen LogP contribution in [0.1, 0.15) is 21.6 Å². The molecular weight excluding hydrogens is 382 g/mol. The van der Waals surface area contributed by atoms with Crippen molar-refractivity contribution in [2.75, 3.05) is 19.8 Å². The van der Waals surface area contributed by atoms with E-state index in [0.29, 0.717) is 18.9 Å². The third kappa shape index (κ3) is 6.20. The van der Waals surface area contributed by atoms with E-state index in [1.165, 1.54) is 16.8 Å². The second-order valence-corrected chi connectivity index (χ2v) is 6.87. The van der Waals surface area contributed by atoms with E-state index in [4.69, 9.17) is 9.47 Å². The first kappa shape index (κ1) is 21.1. The van der Waals surface area contributed by atoms with Gasteiger partial charge in [-0.3, -0.25) is 9.59 Å². The lowest BCUT2D eigenvalue weighted by atomic mass is 10.1. The molecule has 1 heterocycles. The molecule has 3 rings (SSSR count). The summed E-state index contributed by atoms with van der Waals surface area (Å²) in [6, 6.07) is 18.0. The van der Waals surface area contributed by atoms with Gasteiger partial charge in [-0.1, -0.05) is 24.3 Å². The summed E-state index contributed by atoms with van der Waals surface area (Å²) in [6.07, 6.45) is 0. The van der Waals surface area contributed by atoms with Gasteiger partial charge in [0.15, 0.2) is 0 Å². The lowest BCUT2D eigenvalue weighted by Gasteiger charge is -2.10. The highest BCUT2D eigenvalue weighted by atomic mass is 16.5. The van der Waals surface area contributed by atoms with Gasteiger partial charge < -0.3 is 14.8 Å². The Morgan fingerprint density at radius 3 is 2.37 bits per heavy atom. The van der Waals surface area contributed by atoms with Crippen molar-refractivity contribution in [1.29, 1.82) is 0 Å². The molecule has 0 aliphatic rings. The number of para-hydroxylation sites is 1. The largest absolute Gasteiger partial charge is 0.492 e. The van der Waals surface area contributed by atoms with Gasteiger partial charge in [0.2, 0.25) is 0 Å². The molecule has 0 saturated heterocycles. The Labute approximate surface area is 175 Å². The van der Waals surface area contributed by atoms with Gasteiger partial charge in [0.25, 0.3) is 11.5 Å². The van der Waals surface area contributed by atoms with E-state index >= 15 is 0 Å². The lowest BCUT2D eigenvalue weighted by Crippen LogP contribution is -2.32. The Bertz CT molecular complexity index is 1030. The van der Waals surface area contributed by atoms with Gasteiger partial charge in [-0.2, -0.15) is 5.10 Å². The Morgan fingerprint density at radius 2 is 1.63 bits per heavy atom. The highest BCUT2D eigenvalue weighted by molar-refractivity contribution is 5.91. The Hall–Kier alpha value is -3.61. The molecule has 3 aromatic rings. The molecule has 2 aromatic carbocycles. The van der Waals surface area contributed by atoms with Crippen LogP contribution in [0.2, 0.25) is 0 Å². The molecule has 0 fully saturated rings. The molecule has 7 nitrogen and oxygen atoms in total. The summed E-state index contributed by atoms with van der Waals surface area (Å²) in [5, 5.41) is 6.89. The van der Waals surface area contributed by atoms with Crippen molar-refractivity contribution in [1.82, 2.24) is 15.1 Å². The van der Waals surface area contributed by atoms with Crippen LogP contribution in [-0.4, -0.2) is 35.4 Å². The number of carbonyl (C=O) groups excluding carboxylic acids is 1. The predicted molar refractivity (Wildman–Crippen MR) is 114 cm³/mol. The number of nitrogens with zero attached hydrogens (tertiary/aromatic N) is 2. The van der Waals surface area contributed by atoms with Gasteiger partial charge in [-0.05, 0) is 55.3 Å². The molecular formula is C23H25N3O4. The van der Waals surface area contributed by atoms with Crippen LogP contribution in [0.4, 0.5) is 0 Å². The van der Waals surface area contributed by atoms with Gasteiger partial charge in [-0.25, -0.2) is 4.68 Å². The quantitative estimate of drug-likeness (QED) is 0.552. The molecule has 7 heteroatoms. The monoisotopic (exact) mass is 407 g/mol. The summed E-state index contributed by atoms with van der Waals surface area (Å²) in [7, 11) is 0. The minimum Gasteiger partial charge on any atom is -0.492 e. The fraction of sp³-hybridized carbons (Fsp3) is 0.261. The number of hydrogen-bond acceptors (Lipinski definition) is 5. The molecule has 1 aromatic heterocycles. The number of benzene rings is 2. The molecule has 0 atom stereocenters. The number of hydrogen-bond donors (Lipinski definition) is 1. The topological polar surface area (TPSA) is 82.5 Å². The molecule has 0 bridgehead atoms. The van der Waals surface area contributed by atoms with Crippen LogP contribution in [0.15, 0.2) is 65.5 Å². The summed E-state index contributed by atoms with van der Waals surface area (Å²) in [4.78, 5) is 24.3. The average molecular weight is 407 g/mol. The fourth-order valence-corrected chi connectivity index (χ4v) is 2.94. The molecule has 0 radical (unpaired) electrons. The van der Waals surface area contributed by atoms with Gasteiger partial charge >= 0.3 is 0 Å². The van der Waals surface area contributed by atoms with Crippen molar-refractivity contribution in [3.8, 4) is 11.5 Å². The Kier molecular flexibility index (Phi) is 7.21. The zero-order chi connectivity index (χ0) is 21.3. The van der Waals surface area contributed by atoms with E-state index in [-0.39, 0.29) is 30.3 Å². The van der Waals surface area contributed by atoms with Gasteiger partial charge in [-0.15, -0.1) is 0 Å². The van der Waals surface area contributed by atoms with E-state index in [0.717, 1.165) is 16.9 Å². The molecule has 156 valence electrons. The van der Waals surface area contributed by atoms with Crippen LogP contribution < -0.4 is 20.3 Å². The number of nitrogens with one attached hydrogen (secondary N) is 1. The lowest BCUT2D eigenvalue weighted by molar-refractivity contribution is 0.0939. The van der Waals surface area contributed by atoms with Crippen molar-refractivity contribution in [3.63, 3.8) is 0 Å². The minimum absolute atomic E-state index is 0.167. The molecule has 0 unspecified atom stereocenters. The number of ether oxygens (including phenoxy) is 2. The first-order valence-electron chi connectivity index (χ1n) is 9.76. The van der Waals surface area contributed by atoms with Gasteiger partial charge in [0, 0.05) is 6.07 Å². The van der Waals surface area contributed by atoms with Crippen LogP contribution in [0.3, 0.4) is 0 Å². The van der Waals surface area contributed by atoms with Crippen LogP contribution in [0.5, 0.6) is 11.5 Å². The standard InChI is InChI=1S/C23H25N3O4/c1-17-14-18(2)16-20(15-17)29-12-10-24-23(28)21-8-9-22(27)26(25-21)11-13-30-19-6-4-3-5-7-19/h3-9,14-16H,10-13H2,1-2H3,(H,24,28). The highest BCUT2D eigenvalue weighted by Crippen LogP contribution is 2.15. The van der Waals surface area contributed by atoms with Crippen molar-refractivity contribution >= 4 is 5.91 Å². The number of aromatic nitrogens is 2. The number of amides is 1. The number of aryl methyl sites for hydroxylation is 2.